The highest BCUT2D eigenvalue weighted by Crippen LogP contribution is 2.07. The van der Waals surface area contributed by atoms with Crippen molar-refractivity contribution in [3.63, 3.8) is 0 Å². The summed E-state index contributed by atoms with van der Waals surface area (Å²) in [6.45, 7) is 5.87. The number of halogens is 1. The molecule has 1 aromatic carbocycles. The fourth-order valence-corrected chi connectivity index (χ4v) is 2.46. The van der Waals surface area contributed by atoms with Gasteiger partial charge in [-0.05, 0) is 31.7 Å². The summed E-state index contributed by atoms with van der Waals surface area (Å²) in [5.74, 6) is -0.224. The third-order valence-corrected chi connectivity index (χ3v) is 3.76. The van der Waals surface area contributed by atoms with Crippen LogP contribution >= 0.6 is 0 Å². The van der Waals surface area contributed by atoms with Crippen LogP contribution in [0.1, 0.15) is 12.5 Å². The van der Waals surface area contributed by atoms with E-state index >= 15 is 0 Å². The molecule has 0 bridgehead atoms. The van der Waals surface area contributed by atoms with Gasteiger partial charge in [0.05, 0.1) is 19.3 Å². The van der Waals surface area contributed by atoms with Crippen molar-refractivity contribution in [2.75, 3.05) is 39.9 Å². The van der Waals surface area contributed by atoms with Crippen molar-refractivity contribution in [2.45, 2.75) is 19.5 Å². The van der Waals surface area contributed by atoms with E-state index in [1.807, 2.05) is 18.9 Å². The van der Waals surface area contributed by atoms with Crippen LogP contribution in [0.3, 0.4) is 0 Å². The Morgan fingerprint density at radius 2 is 2.18 bits per heavy atom. The quantitative estimate of drug-likeness (QED) is 0.900. The normalized spacial score (nSPS) is 18.5. The van der Waals surface area contributed by atoms with Crippen molar-refractivity contribution < 1.29 is 13.9 Å². The molecule has 1 aromatic rings. The smallest absolute Gasteiger partial charge is 0.317 e. The monoisotopic (exact) mass is 309 g/mol. The number of rotatable bonds is 5. The highest BCUT2D eigenvalue weighted by Gasteiger charge is 2.23. The van der Waals surface area contributed by atoms with E-state index in [2.05, 4.69) is 10.2 Å². The summed E-state index contributed by atoms with van der Waals surface area (Å²) in [6, 6.07) is 6.56. The van der Waals surface area contributed by atoms with E-state index in [1.165, 1.54) is 12.1 Å². The first-order valence-electron chi connectivity index (χ1n) is 7.61. The Balaban J connectivity index is 1.69. The number of likely N-dealkylation sites (N-methyl/N-ethyl adjacent to an activating group) is 1. The lowest BCUT2D eigenvalue weighted by atomic mass is 10.2. The molecule has 0 aliphatic carbocycles. The second-order valence-electron chi connectivity index (χ2n) is 5.71. The minimum Gasteiger partial charge on any atom is -0.377 e. The summed E-state index contributed by atoms with van der Waals surface area (Å²) in [6.07, 6.45) is 0. The molecule has 0 saturated carbocycles. The lowest BCUT2D eigenvalue weighted by Crippen LogP contribution is -2.52. The van der Waals surface area contributed by atoms with E-state index in [9.17, 15) is 9.18 Å². The molecule has 2 rings (SSSR count). The number of carbonyl (C=O) groups is 1. The zero-order valence-electron chi connectivity index (χ0n) is 13.2. The number of nitrogens with zero attached hydrogens (tertiary/aromatic N) is 2. The predicted molar refractivity (Wildman–Crippen MR) is 83.1 cm³/mol. The molecule has 1 unspecified atom stereocenters. The Labute approximate surface area is 131 Å². The van der Waals surface area contributed by atoms with Crippen molar-refractivity contribution in [3.05, 3.63) is 35.6 Å². The van der Waals surface area contributed by atoms with Gasteiger partial charge in [-0.25, -0.2) is 9.18 Å². The topological polar surface area (TPSA) is 44.8 Å². The summed E-state index contributed by atoms with van der Waals surface area (Å²) in [7, 11) is 1.98. The highest BCUT2D eigenvalue weighted by atomic mass is 19.1. The third-order valence-electron chi connectivity index (χ3n) is 3.76. The highest BCUT2D eigenvalue weighted by molar-refractivity contribution is 5.74. The maximum atomic E-state index is 12.8. The van der Waals surface area contributed by atoms with E-state index in [1.54, 1.807) is 12.1 Å². The van der Waals surface area contributed by atoms with E-state index in [0.717, 1.165) is 18.7 Å². The molecule has 1 aliphatic heterocycles. The summed E-state index contributed by atoms with van der Waals surface area (Å²) in [5, 5.41) is 2.94. The van der Waals surface area contributed by atoms with Gasteiger partial charge >= 0.3 is 6.03 Å². The molecule has 122 valence electrons. The number of nitrogens with one attached hydrogen (secondary N) is 1. The predicted octanol–water partition coefficient (Wildman–Crippen LogP) is 1.69. The number of morpholine rings is 1. The first-order chi connectivity index (χ1) is 10.6. The van der Waals surface area contributed by atoms with Gasteiger partial charge in [0, 0.05) is 26.2 Å². The number of ether oxygens (including phenoxy) is 1. The molecular weight excluding hydrogens is 285 g/mol. The average Bonchev–Trinajstić information content (AvgIpc) is 2.50. The average molecular weight is 309 g/mol. The molecule has 1 aliphatic rings. The van der Waals surface area contributed by atoms with Crippen LogP contribution < -0.4 is 5.32 Å². The van der Waals surface area contributed by atoms with Gasteiger partial charge < -0.3 is 19.9 Å². The van der Waals surface area contributed by atoms with Crippen molar-refractivity contribution in [1.29, 1.82) is 0 Å². The number of benzene rings is 1. The molecule has 1 heterocycles. The van der Waals surface area contributed by atoms with Gasteiger partial charge in [0.15, 0.2) is 0 Å². The van der Waals surface area contributed by atoms with Gasteiger partial charge in [0.1, 0.15) is 5.82 Å². The van der Waals surface area contributed by atoms with Gasteiger partial charge in [-0.1, -0.05) is 12.1 Å². The maximum Gasteiger partial charge on any atom is 0.317 e. The largest absolute Gasteiger partial charge is 0.377 e. The summed E-state index contributed by atoms with van der Waals surface area (Å²) >= 11 is 0. The molecule has 6 heteroatoms. The van der Waals surface area contributed by atoms with E-state index in [-0.39, 0.29) is 17.9 Å². The summed E-state index contributed by atoms with van der Waals surface area (Å²) in [5.41, 5.74) is 1.05. The van der Waals surface area contributed by atoms with Crippen LogP contribution in [0, 0.1) is 5.82 Å². The molecule has 5 nitrogen and oxygen atoms in total. The van der Waals surface area contributed by atoms with Crippen LogP contribution in [0.25, 0.3) is 0 Å². The zero-order valence-corrected chi connectivity index (χ0v) is 13.2. The Hall–Kier alpha value is -1.66. The fraction of sp³-hybridized carbons (Fsp3) is 0.562. The van der Waals surface area contributed by atoms with Crippen LogP contribution in [0.4, 0.5) is 9.18 Å². The molecule has 1 N–H and O–H groups in total. The zero-order chi connectivity index (χ0) is 15.9. The standard InChI is InChI=1S/C16H24FN3O2/c1-13-12-22-10-9-20(13)16(21)18-7-8-19(2)11-14-3-5-15(17)6-4-14/h3-6,13H,7-12H2,1-2H3,(H,18,21). The molecule has 0 aromatic heterocycles. The van der Waals surface area contributed by atoms with E-state index in [0.29, 0.717) is 26.3 Å². The van der Waals surface area contributed by atoms with Crippen LogP contribution in [0.5, 0.6) is 0 Å². The molecule has 1 saturated heterocycles. The van der Waals surface area contributed by atoms with Gasteiger partial charge in [-0.3, -0.25) is 0 Å². The van der Waals surface area contributed by atoms with Crippen molar-refractivity contribution in [1.82, 2.24) is 15.1 Å². The first-order valence-corrected chi connectivity index (χ1v) is 7.61. The number of carbonyl (C=O) groups excluding carboxylic acids is 1. The molecule has 2 amide bonds. The lowest BCUT2D eigenvalue weighted by Gasteiger charge is -2.33. The Bertz CT molecular complexity index is 481. The minimum absolute atomic E-state index is 0.0361. The minimum atomic E-state index is -0.224. The summed E-state index contributed by atoms with van der Waals surface area (Å²) in [4.78, 5) is 16.0. The number of hydrogen-bond donors (Lipinski definition) is 1. The number of urea groups is 1. The summed E-state index contributed by atoms with van der Waals surface area (Å²) < 4.78 is 18.2. The number of hydrogen-bond acceptors (Lipinski definition) is 3. The molecule has 0 spiro atoms. The second kappa shape index (κ2) is 8.10. The van der Waals surface area contributed by atoms with Gasteiger partial charge in [0.2, 0.25) is 0 Å². The van der Waals surface area contributed by atoms with Gasteiger partial charge in [0.25, 0.3) is 0 Å². The van der Waals surface area contributed by atoms with Crippen LogP contribution in [-0.4, -0.2) is 61.8 Å². The van der Waals surface area contributed by atoms with Crippen molar-refractivity contribution in [2.24, 2.45) is 0 Å². The second-order valence-corrected chi connectivity index (χ2v) is 5.71. The molecule has 1 atom stereocenters. The van der Waals surface area contributed by atoms with Crippen molar-refractivity contribution in [3.8, 4) is 0 Å². The Kier molecular flexibility index (Phi) is 6.15. The molecular formula is C16H24FN3O2. The van der Waals surface area contributed by atoms with Gasteiger partial charge in [-0.2, -0.15) is 0 Å². The van der Waals surface area contributed by atoms with Gasteiger partial charge in [-0.15, -0.1) is 0 Å². The first kappa shape index (κ1) is 16.7. The third kappa shape index (κ3) is 4.96. The Morgan fingerprint density at radius 1 is 1.45 bits per heavy atom. The van der Waals surface area contributed by atoms with Crippen LogP contribution in [0.2, 0.25) is 0 Å². The fourth-order valence-electron chi connectivity index (χ4n) is 2.46. The SMILES string of the molecule is CC1COCCN1C(=O)NCCN(C)Cc1ccc(F)cc1. The van der Waals surface area contributed by atoms with E-state index < -0.39 is 0 Å². The lowest BCUT2D eigenvalue weighted by molar-refractivity contribution is 0.0190. The number of amides is 2. The van der Waals surface area contributed by atoms with Crippen LogP contribution in [-0.2, 0) is 11.3 Å². The Morgan fingerprint density at radius 3 is 2.86 bits per heavy atom. The van der Waals surface area contributed by atoms with E-state index in [4.69, 9.17) is 4.74 Å². The van der Waals surface area contributed by atoms with Crippen LogP contribution in [0.15, 0.2) is 24.3 Å². The molecule has 22 heavy (non-hydrogen) atoms. The molecule has 0 radical (unpaired) electrons. The molecule has 1 fully saturated rings. The maximum absolute atomic E-state index is 12.8. The van der Waals surface area contributed by atoms with Crippen molar-refractivity contribution >= 4 is 6.03 Å².